The summed E-state index contributed by atoms with van der Waals surface area (Å²) in [7, 11) is 1.53. The maximum Gasteiger partial charge on any atom is 0.236 e. The van der Waals surface area contributed by atoms with Gasteiger partial charge in [0.15, 0.2) is 0 Å². The highest BCUT2D eigenvalue weighted by Gasteiger charge is 2.36. The lowest BCUT2D eigenvalue weighted by molar-refractivity contribution is -0.154. The molecule has 0 aliphatic heterocycles. The molecule has 2 amide bonds. The van der Waals surface area contributed by atoms with E-state index in [2.05, 4.69) is 16.0 Å². The summed E-state index contributed by atoms with van der Waals surface area (Å²) in [6.45, 7) is 10.6. The van der Waals surface area contributed by atoms with Gasteiger partial charge in [-0.25, -0.2) is 9.98 Å². The van der Waals surface area contributed by atoms with E-state index in [-0.39, 0.29) is 18.5 Å². The molecule has 0 saturated heterocycles. The van der Waals surface area contributed by atoms with E-state index in [1.54, 1.807) is 41.5 Å². The van der Waals surface area contributed by atoms with Gasteiger partial charge in [0.2, 0.25) is 11.8 Å². The first-order chi connectivity index (χ1) is 8.01. The predicted molar refractivity (Wildman–Crippen MR) is 71.4 cm³/mol. The molecule has 0 aromatic heterocycles. The van der Waals surface area contributed by atoms with Crippen molar-refractivity contribution < 1.29 is 9.59 Å². The number of rotatable bonds is 2. The number of imide groups is 1. The van der Waals surface area contributed by atoms with Crippen LogP contribution in [0.25, 0.3) is 0 Å². The summed E-state index contributed by atoms with van der Waals surface area (Å²) >= 11 is 0. The predicted octanol–water partition coefficient (Wildman–Crippen LogP) is 2.20. The number of amides is 2. The molecule has 0 aliphatic rings. The van der Waals surface area contributed by atoms with Gasteiger partial charge in [0.05, 0.1) is 6.01 Å². The number of hydrogen-bond donors (Lipinski definition) is 0. The van der Waals surface area contributed by atoms with Crippen LogP contribution < -0.4 is 0 Å². The third kappa shape index (κ3) is 4.80. The Morgan fingerprint density at radius 3 is 1.67 bits per heavy atom. The van der Waals surface area contributed by atoms with E-state index in [0.717, 1.165) is 4.90 Å². The summed E-state index contributed by atoms with van der Waals surface area (Å²) in [5, 5.41) is 0. The molecule has 0 aliphatic carbocycles. The van der Waals surface area contributed by atoms with E-state index in [4.69, 9.17) is 0 Å². The number of carbonyl (C=O) groups is 2. The SMILES string of the molecule is CN=C=NCN(C(=O)C(C)(C)C)C(=O)C(C)(C)C. The molecule has 0 aromatic rings. The van der Waals surface area contributed by atoms with E-state index in [9.17, 15) is 9.59 Å². The summed E-state index contributed by atoms with van der Waals surface area (Å²) < 4.78 is 0. The van der Waals surface area contributed by atoms with Crippen molar-refractivity contribution in [2.24, 2.45) is 20.8 Å². The van der Waals surface area contributed by atoms with Gasteiger partial charge in [0, 0.05) is 17.9 Å². The van der Waals surface area contributed by atoms with Crippen LogP contribution in [0.2, 0.25) is 0 Å². The van der Waals surface area contributed by atoms with Gasteiger partial charge in [-0.15, -0.1) is 0 Å². The molecule has 0 atom stereocenters. The van der Waals surface area contributed by atoms with Gasteiger partial charge in [-0.2, -0.15) is 0 Å². The summed E-state index contributed by atoms with van der Waals surface area (Å²) in [5.41, 5.74) is -1.25. The Hall–Kier alpha value is -1.48. The van der Waals surface area contributed by atoms with Gasteiger partial charge < -0.3 is 0 Å². The molecule has 0 saturated carbocycles. The molecule has 5 nitrogen and oxygen atoms in total. The Kier molecular flexibility index (Phi) is 5.43. The molecule has 0 N–H and O–H groups in total. The molecular weight excluding hydrogens is 230 g/mol. The summed E-state index contributed by atoms with van der Waals surface area (Å²) in [6.07, 6.45) is 0. The third-order valence-electron chi connectivity index (χ3n) is 2.16. The standard InChI is InChI=1S/C13H23N3O2/c1-12(2,3)10(17)16(9-15-8-14-7)11(18)13(4,5)6/h9H2,1-7H3. The van der Waals surface area contributed by atoms with Crippen molar-refractivity contribution in [2.45, 2.75) is 41.5 Å². The Balaban J connectivity index is 5.26. The molecule has 5 heteroatoms. The Morgan fingerprint density at radius 1 is 1.00 bits per heavy atom. The lowest BCUT2D eigenvalue weighted by Gasteiger charge is -2.31. The van der Waals surface area contributed by atoms with Crippen molar-refractivity contribution in [3.63, 3.8) is 0 Å². The number of hydrogen-bond acceptors (Lipinski definition) is 4. The van der Waals surface area contributed by atoms with Crippen LogP contribution in [0.4, 0.5) is 0 Å². The van der Waals surface area contributed by atoms with Crippen LogP contribution in [0.15, 0.2) is 9.98 Å². The number of carbonyl (C=O) groups excluding carboxylic acids is 2. The molecule has 18 heavy (non-hydrogen) atoms. The van der Waals surface area contributed by atoms with Crippen LogP contribution in [0.5, 0.6) is 0 Å². The minimum atomic E-state index is -0.625. The molecule has 0 heterocycles. The van der Waals surface area contributed by atoms with Gasteiger partial charge in [0.25, 0.3) is 0 Å². The molecule has 0 fully saturated rings. The van der Waals surface area contributed by atoms with E-state index in [1.165, 1.54) is 7.05 Å². The van der Waals surface area contributed by atoms with Gasteiger partial charge in [-0.05, 0) is 0 Å². The number of aliphatic imine (C=N–C) groups is 2. The molecule has 0 radical (unpaired) electrons. The van der Waals surface area contributed by atoms with Crippen LogP contribution in [0.1, 0.15) is 41.5 Å². The van der Waals surface area contributed by atoms with Gasteiger partial charge in [-0.1, -0.05) is 41.5 Å². The number of nitrogens with zero attached hydrogens (tertiary/aromatic N) is 3. The lowest BCUT2D eigenvalue weighted by atomic mass is 9.91. The van der Waals surface area contributed by atoms with E-state index in [1.807, 2.05) is 0 Å². The van der Waals surface area contributed by atoms with Crippen LogP contribution in [0, 0.1) is 10.8 Å². The highest BCUT2D eigenvalue weighted by molar-refractivity contribution is 5.99. The van der Waals surface area contributed by atoms with Crippen molar-refractivity contribution in [2.75, 3.05) is 13.7 Å². The molecule has 0 spiro atoms. The molecule has 0 unspecified atom stereocenters. The van der Waals surface area contributed by atoms with Crippen molar-refractivity contribution in [3.8, 4) is 0 Å². The Bertz CT molecular complexity index is 354. The summed E-state index contributed by atoms with van der Waals surface area (Å²) in [5.74, 6) is -0.492. The minimum absolute atomic E-state index is 0.0381. The molecule has 0 bridgehead atoms. The zero-order valence-corrected chi connectivity index (χ0v) is 12.4. The smallest absolute Gasteiger partial charge is 0.236 e. The largest absolute Gasteiger partial charge is 0.274 e. The Labute approximate surface area is 109 Å². The topological polar surface area (TPSA) is 62.1 Å². The van der Waals surface area contributed by atoms with Crippen molar-refractivity contribution in [3.05, 3.63) is 0 Å². The molecular formula is C13H23N3O2. The van der Waals surface area contributed by atoms with Crippen molar-refractivity contribution in [1.82, 2.24) is 4.90 Å². The zero-order valence-electron chi connectivity index (χ0n) is 12.4. The second-order valence-corrected chi connectivity index (χ2v) is 6.16. The second-order valence-electron chi connectivity index (χ2n) is 6.16. The van der Waals surface area contributed by atoms with Crippen LogP contribution >= 0.6 is 0 Å². The fraction of sp³-hybridized carbons (Fsp3) is 0.769. The van der Waals surface area contributed by atoms with Crippen LogP contribution in [0.3, 0.4) is 0 Å². The third-order valence-corrected chi connectivity index (χ3v) is 2.16. The van der Waals surface area contributed by atoms with Crippen LogP contribution in [-0.4, -0.2) is 36.4 Å². The second kappa shape index (κ2) is 5.91. The molecule has 0 aromatic carbocycles. The van der Waals surface area contributed by atoms with Crippen molar-refractivity contribution >= 4 is 17.8 Å². The minimum Gasteiger partial charge on any atom is -0.274 e. The first-order valence-electron chi connectivity index (χ1n) is 5.88. The maximum atomic E-state index is 12.2. The highest BCUT2D eigenvalue weighted by Crippen LogP contribution is 2.23. The maximum absolute atomic E-state index is 12.2. The molecule has 102 valence electrons. The average Bonchev–Trinajstić information content (AvgIpc) is 2.20. The monoisotopic (exact) mass is 253 g/mol. The lowest BCUT2D eigenvalue weighted by Crippen LogP contribution is -2.48. The molecule has 0 rings (SSSR count). The Morgan fingerprint density at radius 2 is 1.39 bits per heavy atom. The average molecular weight is 253 g/mol. The zero-order chi connectivity index (χ0) is 14.6. The van der Waals surface area contributed by atoms with Gasteiger partial charge in [-0.3, -0.25) is 14.5 Å². The van der Waals surface area contributed by atoms with E-state index < -0.39 is 10.8 Å². The normalized spacial score (nSPS) is 11.5. The quantitative estimate of drug-likeness (QED) is 0.708. The van der Waals surface area contributed by atoms with Crippen molar-refractivity contribution in [1.29, 1.82) is 0 Å². The van der Waals surface area contributed by atoms with Crippen LogP contribution in [-0.2, 0) is 9.59 Å². The van der Waals surface area contributed by atoms with E-state index in [0.29, 0.717) is 0 Å². The fourth-order valence-electron chi connectivity index (χ4n) is 1.20. The summed E-state index contributed by atoms with van der Waals surface area (Å²) in [6, 6.07) is 2.40. The van der Waals surface area contributed by atoms with Gasteiger partial charge in [0.1, 0.15) is 6.67 Å². The highest BCUT2D eigenvalue weighted by atomic mass is 16.2. The van der Waals surface area contributed by atoms with E-state index >= 15 is 0 Å². The first kappa shape index (κ1) is 16.5. The fourth-order valence-corrected chi connectivity index (χ4v) is 1.20. The summed E-state index contributed by atoms with van der Waals surface area (Å²) in [4.78, 5) is 33.0. The first-order valence-corrected chi connectivity index (χ1v) is 5.88. The van der Waals surface area contributed by atoms with Gasteiger partial charge >= 0.3 is 0 Å².